The van der Waals surface area contributed by atoms with Crippen LogP contribution in [-0.2, 0) is 19.7 Å². The number of rotatable bonds is 5. The maximum atomic E-state index is 11.8. The number of ether oxygens (including phenoxy) is 2. The normalized spacial score (nSPS) is 17.2. The number of carbonyl (C=O) groups excluding carboxylic acids is 1. The minimum absolute atomic E-state index is 0.308. The van der Waals surface area contributed by atoms with E-state index < -0.39 is 11.5 Å². The maximum absolute atomic E-state index is 11.8. The predicted octanol–water partition coefficient (Wildman–Crippen LogP) is 2.01. The molecule has 3 rings (SSSR count). The average Bonchev–Trinajstić information content (AvgIpc) is 3.21. The first-order valence-corrected chi connectivity index (χ1v) is 6.71. The minimum atomic E-state index is -0.755. The number of carbonyl (C=O) groups is 1. The van der Waals surface area contributed by atoms with Crippen LogP contribution in [0.2, 0.25) is 0 Å². The number of aromatic nitrogens is 2. The van der Waals surface area contributed by atoms with Gasteiger partial charge in [0.15, 0.2) is 0 Å². The van der Waals surface area contributed by atoms with Crippen LogP contribution in [0.4, 0.5) is 0 Å². The van der Waals surface area contributed by atoms with Crippen LogP contribution in [0.3, 0.4) is 0 Å². The van der Waals surface area contributed by atoms with E-state index in [1.54, 1.807) is 7.11 Å². The summed E-state index contributed by atoms with van der Waals surface area (Å²) in [4.78, 5) is 16.2. The molecule has 0 saturated heterocycles. The number of methoxy groups -OCH3 is 2. The molecule has 1 aromatic heterocycles. The third kappa shape index (κ3) is 2.31. The van der Waals surface area contributed by atoms with Crippen molar-refractivity contribution in [2.45, 2.75) is 24.4 Å². The van der Waals surface area contributed by atoms with Crippen molar-refractivity contribution < 1.29 is 18.8 Å². The Labute approximate surface area is 122 Å². The number of benzene rings is 1. The summed E-state index contributed by atoms with van der Waals surface area (Å²) < 4.78 is 15.5. The molecule has 0 bridgehead atoms. The Bertz CT molecular complexity index is 634. The van der Waals surface area contributed by atoms with Crippen molar-refractivity contribution in [3.63, 3.8) is 0 Å². The van der Waals surface area contributed by atoms with Crippen molar-refractivity contribution >= 4 is 5.97 Å². The molecule has 0 spiro atoms. The Balaban J connectivity index is 1.89. The van der Waals surface area contributed by atoms with E-state index in [4.69, 9.17) is 14.0 Å². The van der Waals surface area contributed by atoms with Gasteiger partial charge in [0.1, 0.15) is 11.5 Å². The molecule has 1 heterocycles. The third-order valence-corrected chi connectivity index (χ3v) is 3.75. The molecular formula is C15H16N2O4. The quantitative estimate of drug-likeness (QED) is 0.783. The molecule has 0 N–H and O–H groups in total. The van der Waals surface area contributed by atoms with Gasteiger partial charge in [0.2, 0.25) is 11.7 Å². The van der Waals surface area contributed by atoms with Gasteiger partial charge < -0.3 is 14.0 Å². The van der Waals surface area contributed by atoms with E-state index >= 15 is 0 Å². The lowest BCUT2D eigenvalue weighted by Gasteiger charge is -2.11. The summed E-state index contributed by atoms with van der Waals surface area (Å²) >= 11 is 0. The van der Waals surface area contributed by atoms with E-state index in [9.17, 15) is 4.79 Å². The zero-order chi connectivity index (χ0) is 14.9. The molecule has 1 aliphatic carbocycles. The SMILES string of the molecule is COC(=O)C1(c2nc(C(OC)c3ccccc3)no2)CC1. The van der Waals surface area contributed by atoms with Gasteiger partial charge in [-0.3, -0.25) is 4.79 Å². The molecule has 110 valence electrons. The number of nitrogens with zero attached hydrogens (tertiary/aromatic N) is 2. The highest BCUT2D eigenvalue weighted by Crippen LogP contribution is 2.48. The van der Waals surface area contributed by atoms with Crippen molar-refractivity contribution in [2.24, 2.45) is 0 Å². The lowest BCUT2D eigenvalue weighted by Crippen LogP contribution is -2.22. The van der Waals surface area contributed by atoms with Crippen LogP contribution >= 0.6 is 0 Å². The largest absolute Gasteiger partial charge is 0.468 e. The first-order chi connectivity index (χ1) is 10.2. The Hall–Kier alpha value is -2.21. The summed E-state index contributed by atoms with van der Waals surface area (Å²) in [6.45, 7) is 0. The van der Waals surface area contributed by atoms with Gasteiger partial charge in [0.25, 0.3) is 0 Å². The summed E-state index contributed by atoms with van der Waals surface area (Å²) in [7, 11) is 2.95. The van der Waals surface area contributed by atoms with Crippen LogP contribution < -0.4 is 0 Å². The van der Waals surface area contributed by atoms with Crippen molar-refractivity contribution in [3.05, 3.63) is 47.6 Å². The zero-order valence-electron chi connectivity index (χ0n) is 11.9. The molecule has 1 saturated carbocycles. The van der Waals surface area contributed by atoms with Crippen LogP contribution in [-0.4, -0.2) is 30.3 Å². The molecule has 6 nitrogen and oxygen atoms in total. The standard InChI is InChI=1S/C15H16N2O4/c1-19-11(10-6-4-3-5-7-10)12-16-13(21-17-12)15(8-9-15)14(18)20-2/h3-7,11H,8-9H2,1-2H3. The van der Waals surface area contributed by atoms with Crippen molar-refractivity contribution in [2.75, 3.05) is 14.2 Å². The molecular weight excluding hydrogens is 272 g/mol. The minimum Gasteiger partial charge on any atom is -0.468 e. The highest BCUT2D eigenvalue weighted by molar-refractivity contribution is 5.85. The molecule has 1 fully saturated rings. The molecule has 1 aromatic carbocycles. The van der Waals surface area contributed by atoms with Gasteiger partial charge in [-0.25, -0.2) is 0 Å². The average molecular weight is 288 g/mol. The molecule has 0 aliphatic heterocycles. The van der Waals surface area contributed by atoms with Gasteiger partial charge >= 0.3 is 5.97 Å². The van der Waals surface area contributed by atoms with Gasteiger partial charge in [0, 0.05) is 7.11 Å². The monoisotopic (exact) mass is 288 g/mol. The Kier molecular flexibility index (Phi) is 3.47. The molecule has 21 heavy (non-hydrogen) atoms. The lowest BCUT2D eigenvalue weighted by atomic mass is 10.1. The molecule has 6 heteroatoms. The fraction of sp³-hybridized carbons (Fsp3) is 0.400. The van der Waals surface area contributed by atoms with E-state index in [2.05, 4.69) is 10.1 Å². The number of hydrogen-bond acceptors (Lipinski definition) is 6. The summed E-state index contributed by atoms with van der Waals surface area (Å²) in [6, 6.07) is 9.61. The van der Waals surface area contributed by atoms with Crippen LogP contribution in [0.1, 0.15) is 36.2 Å². The van der Waals surface area contributed by atoms with Crippen LogP contribution in [0, 0.1) is 0 Å². The topological polar surface area (TPSA) is 74.5 Å². The Morgan fingerprint density at radius 3 is 2.57 bits per heavy atom. The lowest BCUT2D eigenvalue weighted by molar-refractivity contribution is -0.144. The first kappa shape index (κ1) is 13.8. The van der Waals surface area contributed by atoms with E-state index in [1.807, 2.05) is 30.3 Å². The van der Waals surface area contributed by atoms with Crippen LogP contribution in [0.25, 0.3) is 0 Å². The summed E-state index contributed by atoms with van der Waals surface area (Å²) in [6.07, 6.45) is 0.923. The Morgan fingerprint density at radius 1 is 1.29 bits per heavy atom. The number of esters is 1. The summed E-state index contributed by atoms with van der Waals surface area (Å²) in [5.74, 6) is 0.391. The second kappa shape index (κ2) is 5.29. The van der Waals surface area contributed by atoms with Gasteiger partial charge in [-0.15, -0.1) is 0 Å². The molecule has 0 amide bonds. The van der Waals surface area contributed by atoms with E-state index in [1.165, 1.54) is 7.11 Å². The van der Waals surface area contributed by atoms with E-state index in [0.717, 1.165) is 5.56 Å². The van der Waals surface area contributed by atoms with E-state index in [0.29, 0.717) is 24.6 Å². The zero-order valence-corrected chi connectivity index (χ0v) is 11.9. The predicted molar refractivity (Wildman–Crippen MR) is 72.5 cm³/mol. The fourth-order valence-electron chi connectivity index (χ4n) is 2.38. The molecule has 1 aliphatic rings. The maximum Gasteiger partial charge on any atom is 0.321 e. The van der Waals surface area contributed by atoms with Gasteiger partial charge in [-0.2, -0.15) is 4.98 Å². The second-order valence-electron chi connectivity index (χ2n) is 5.06. The van der Waals surface area contributed by atoms with Crippen LogP contribution in [0.15, 0.2) is 34.9 Å². The fourth-order valence-corrected chi connectivity index (χ4v) is 2.38. The molecule has 1 unspecified atom stereocenters. The van der Waals surface area contributed by atoms with E-state index in [-0.39, 0.29) is 5.97 Å². The van der Waals surface area contributed by atoms with Crippen molar-refractivity contribution in [1.82, 2.24) is 10.1 Å². The van der Waals surface area contributed by atoms with Gasteiger partial charge in [-0.1, -0.05) is 35.5 Å². The van der Waals surface area contributed by atoms with Crippen LogP contribution in [0.5, 0.6) is 0 Å². The highest BCUT2D eigenvalue weighted by atomic mass is 16.5. The molecule has 1 atom stereocenters. The smallest absolute Gasteiger partial charge is 0.321 e. The van der Waals surface area contributed by atoms with Gasteiger partial charge in [-0.05, 0) is 18.4 Å². The third-order valence-electron chi connectivity index (χ3n) is 3.75. The molecule has 0 radical (unpaired) electrons. The van der Waals surface area contributed by atoms with Crippen molar-refractivity contribution in [3.8, 4) is 0 Å². The summed E-state index contributed by atoms with van der Waals surface area (Å²) in [5.41, 5.74) is 0.171. The van der Waals surface area contributed by atoms with Crippen molar-refractivity contribution in [1.29, 1.82) is 0 Å². The first-order valence-electron chi connectivity index (χ1n) is 6.71. The highest BCUT2D eigenvalue weighted by Gasteiger charge is 2.57. The second-order valence-corrected chi connectivity index (χ2v) is 5.06. The Morgan fingerprint density at radius 2 is 2.00 bits per heavy atom. The molecule has 2 aromatic rings. The summed E-state index contributed by atoms with van der Waals surface area (Å²) in [5, 5.41) is 3.97. The van der Waals surface area contributed by atoms with Gasteiger partial charge in [0.05, 0.1) is 7.11 Å². The number of hydrogen-bond donors (Lipinski definition) is 0.